The van der Waals surface area contributed by atoms with E-state index in [-0.39, 0.29) is 11.8 Å². The standard InChI is InChI=1S/C21H21N3O2/c1-26-20-12-18-17(10-19(20)24-8-4-5-9-24)16(11-21(25)23-18)15-7-3-2-6-14(15)13-22/h2-3,6-7,10,12,16H,4-5,8-9,11H2,1H3,(H,23,25)/t16-/m0/s1. The molecular weight excluding hydrogens is 326 g/mol. The second-order valence-electron chi connectivity index (χ2n) is 6.81. The van der Waals surface area contributed by atoms with Crippen LogP contribution in [0.5, 0.6) is 5.75 Å². The van der Waals surface area contributed by atoms with Crippen molar-refractivity contribution >= 4 is 17.3 Å². The third-order valence-electron chi connectivity index (χ3n) is 5.29. The smallest absolute Gasteiger partial charge is 0.225 e. The molecule has 0 spiro atoms. The highest BCUT2D eigenvalue weighted by atomic mass is 16.5. The molecule has 2 aromatic rings. The van der Waals surface area contributed by atoms with Crippen molar-refractivity contribution in [3.63, 3.8) is 0 Å². The number of carbonyl (C=O) groups excluding carboxylic acids is 1. The number of nitrogens with one attached hydrogen (secondary N) is 1. The van der Waals surface area contributed by atoms with Crippen molar-refractivity contribution in [2.45, 2.75) is 25.2 Å². The molecule has 1 N–H and O–H groups in total. The number of rotatable bonds is 3. The van der Waals surface area contributed by atoms with Crippen molar-refractivity contribution in [3.05, 3.63) is 53.1 Å². The van der Waals surface area contributed by atoms with Crippen molar-refractivity contribution in [3.8, 4) is 11.8 Å². The summed E-state index contributed by atoms with van der Waals surface area (Å²) in [6, 6.07) is 13.9. The van der Waals surface area contributed by atoms with Crippen molar-refractivity contribution < 1.29 is 9.53 Å². The number of carbonyl (C=O) groups is 1. The monoisotopic (exact) mass is 347 g/mol. The maximum atomic E-state index is 12.3. The molecule has 1 atom stereocenters. The lowest BCUT2D eigenvalue weighted by molar-refractivity contribution is -0.116. The normalized spacial score (nSPS) is 18.8. The molecule has 1 amide bonds. The van der Waals surface area contributed by atoms with Gasteiger partial charge in [-0.3, -0.25) is 4.79 Å². The van der Waals surface area contributed by atoms with Crippen LogP contribution in [0, 0.1) is 11.3 Å². The summed E-state index contributed by atoms with van der Waals surface area (Å²) in [6.07, 6.45) is 2.70. The molecule has 2 heterocycles. The van der Waals surface area contributed by atoms with Crippen molar-refractivity contribution in [1.29, 1.82) is 5.26 Å². The lowest BCUT2D eigenvalue weighted by Gasteiger charge is -2.30. The number of benzene rings is 2. The topological polar surface area (TPSA) is 65.4 Å². The molecule has 0 unspecified atom stereocenters. The van der Waals surface area contributed by atoms with Crippen LogP contribution in [-0.4, -0.2) is 26.1 Å². The Morgan fingerprint density at radius 2 is 1.96 bits per heavy atom. The first-order valence-electron chi connectivity index (χ1n) is 8.97. The van der Waals surface area contributed by atoms with E-state index in [1.165, 1.54) is 12.8 Å². The van der Waals surface area contributed by atoms with Gasteiger partial charge in [-0.2, -0.15) is 5.26 Å². The molecular formula is C21H21N3O2. The van der Waals surface area contributed by atoms with Gasteiger partial charge in [0.05, 0.1) is 24.4 Å². The Morgan fingerprint density at radius 1 is 1.19 bits per heavy atom. The Kier molecular flexibility index (Phi) is 4.26. The van der Waals surface area contributed by atoms with E-state index in [1.54, 1.807) is 7.11 Å². The number of hydrogen-bond acceptors (Lipinski definition) is 4. The van der Waals surface area contributed by atoms with Gasteiger partial charge in [-0.1, -0.05) is 18.2 Å². The Balaban J connectivity index is 1.86. The van der Waals surface area contributed by atoms with E-state index in [2.05, 4.69) is 22.4 Å². The first-order valence-corrected chi connectivity index (χ1v) is 8.97. The summed E-state index contributed by atoms with van der Waals surface area (Å²) in [5, 5.41) is 12.5. The van der Waals surface area contributed by atoms with Gasteiger partial charge >= 0.3 is 0 Å². The molecule has 1 fully saturated rings. The van der Waals surface area contributed by atoms with E-state index in [0.717, 1.165) is 41.3 Å². The molecule has 4 rings (SSSR count). The molecule has 1 saturated heterocycles. The molecule has 2 aliphatic heterocycles. The minimum absolute atomic E-state index is 0.0359. The average Bonchev–Trinajstić information content (AvgIpc) is 3.20. The molecule has 2 aliphatic rings. The van der Waals surface area contributed by atoms with Crippen LogP contribution in [0.3, 0.4) is 0 Å². The minimum atomic E-state index is -0.123. The van der Waals surface area contributed by atoms with Crippen LogP contribution in [-0.2, 0) is 4.79 Å². The summed E-state index contributed by atoms with van der Waals surface area (Å²) in [7, 11) is 1.66. The molecule has 0 aliphatic carbocycles. The average molecular weight is 347 g/mol. The van der Waals surface area contributed by atoms with Crippen LogP contribution < -0.4 is 15.0 Å². The second-order valence-corrected chi connectivity index (χ2v) is 6.81. The predicted molar refractivity (Wildman–Crippen MR) is 101 cm³/mol. The third-order valence-corrected chi connectivity index (χ3v) is 5.29. The summed E-state index contributed by atoms with van der Waals surface area (Å²) in [5.74, 6) is 0.619. The third kappa shape index (κ3) is 2.78. The molecule has 5 heteroatoms. The van der Waals surface area contributed by atoms with Crippen LogP contribution in [0.2, 0.25) is 0 Å². The lowest BCUT2D eigenvalue weighted by Crippen LogP contribution is -2.25. The zero-order chi connectivity index (χ0) is 18.1. The fourth-order valence-corrected chi connectivity index (χ4v) is 4.03. The first-order chi connectivity index (χ1) is 12.7. The number of ether oxygens (including phenoxy) is 1. The van der Waals surface area contributed by atoms with Gasteiger partial charge < -0.3 is 15.0 Å². The summed E-state index contributed by atoms with van der Waals surface area (Å²) in [5.41, 5.74) is 4.42. The van der Waals surface area contributed by atoms with Crippen molar-refractivity contribution in [1.82, 2.24) is 0 Å². The van der Waals surface area contributed by atoms with E-state index in [9.17, 15) is 10.1 Å². The quantitative estimate of drug-likeness (QED) is 0.920. The fraction of sp³-hybridized carbons (Fsp3) is 0.333. The summed E-state index contributed by atoms with van der Waals surface area (Å²) < 4.78 is 5.60. The van der Waals surface area contributed by atoms with E-state index >= 15 is 0 Å². The number of nitriles is 1. The van der Waals surface area contributed by atoms with Gasteiger partial charge in [0.1, 0.15) is 5.75 Å². The number of hydrogen-bond donors (Lipinski definition) is 1. The second kappa shape index (κ2) is 6.72. The number of amides is 1. The van der Waals surface area contributed by atoms with E-state index in [4.69, 9.17) is 4.74 Å². The SMILES string of the molecule is COc1cc2c(cc1N1CCCC1)[C@H](c1ccccc1C#N)CC(=O)N2. The Morgan fingerprint density at radius 3 is 2.69 bits per heavy atom. The summed E-state index contributed by atoms with van der Waals surface area (Å²) in [4.78, 5) is 14.6. The number of fused-ring (bicyclic) bond motifs is 1. The number of nitrogens with zero attached hydrogens (tertiary/aromatic N) is 2. The fourth-order valence-electron chi connectivity index (χ4n) is 4.03. The Hall–Kier alpha value is -3.00. The highest BCUT2D eigenvalue weighted by Crippen LogP contribution is 2.44. The maximum absolute atomic E-state index is 12.3. The van der Waals surface area contributed by atoms with Gasteiger partial charge in [-0.15, -0.1) is 0 Å². The summed E-state index contributed by atoms with van der Waals surface area (Å²) >= 11 is 0. The predicted octanol–water partition coefficient (Wildman–Crippen LogP) is 3.64. The van der Waals surface area contributed by atoms with E-state index in [1.807, 2.05) is 30.3 Å². The lowest BCUT2D eigenvalue weighted by atomic mass is 9.82. The van der Waals surface area contributed by atoms with Gasteiger partial charge in [-0.05, 0) is 36.1 Å². The Bertz CT molecular complexity index is 895. The van der Waals surface area contributed by atoms with Gasteiger partial charge in [-0.25, -0.2) is 0 Å². The van der Waals surface area contributed by atoms with Gasteiger partial charge in [0, 0.05) is 37.2 Å². The van der Waals surface area contributed by atoms with Crippen LogP contribution in [0.25, 0.3) is 0 Å². The van der Waals surface area contributed by atoms with Crippen molar-refractivity contribution in [2.24, 2.45) is 0 Å². The van der Waals surface area contributed by atoms with E-state index < -0.39 is 0 Å². The molecule has 0 saturated carbocycles. The molecule has 0 radical (unpaired) electrons. The number of methoxy groups -OCH3 is 1. The zero-order valence-electron chi connectivity index (χ0n) is 14.8. The molecule has 132 valence electrons. The summed E-state index contributed by atoms with van der Waals surface area (Å²) in [6.45, 7) is 2.03. The van der Waals surface area contributed by atoms with Gasteiger partial charge in [0.15, 0.2) is 0 Å². The molecule has 5 nitrogen and oxygen atoms in total. The van der Waals surface area contributed by atoms with E-state index in [0.29, 0.717) is 12.0 Å². The van der Waals surface area contributed by atoms with Crippen LogP contribution in [0.4, 0.5) is 11.4 Å². The molecule has 0 aromatic heterocycles. The number of anilines is 2. The highest BCUT2D eigenvalue weighted by Gasteiger charge is 2.30. The van der Waals surface area contributed by atoms with Crippen LogP contribution in [0.1, 0.15) is 41.9 Å². The van der Waals surface area contributed by atoms with Gasteiger partial charge in [0.2, 0.25) is 5.91 Å². The molecule has 0 bridgehead atoms. The van der Waals surface area contributed by atoms with Crippen LogP contribution in [0.15, 0.2) is 36.4 Å². The Labute approximate surface area is 153 Å². The largest absolute Gasteiger partial charge is 0.495 e. The highest BCUT2D eigenvalue weighted by molar-refractivity contribution is 5.96. The zero-order valence-corrected chi connectivity index (χ0v) is 14.8. The minimum Gasteiger partial charge on any atom is -0.495 e. The first kappa shape index (κ1) is 16.5. The maximum Gasteiger partial charge on any atom is 0.225 e. The van der Waals surface area contributed by atoms with Crippen LogP contribution >= 0.6 is 0 Å². The van der Waals surface area contributed by atoms with Crippen molar-refractivity contribution in [2.75, 3.05) is 30.4 Å². The molecule has 2 aromatic carbocycles. The molecule has 26 heavy (non-hydrogen) atoms. The van der Waals surface area contributed by atoms with Gasteiger partial charge in [0.25, 0.3) is 0 Å².